The summed E-state index contributed by atoms with van der Waals surface area (Å²) in [4.78, 5) is 29.1. The number of hydrogen-bond donors (Lipinski definition) is 1. The van der Waals surface area contributed by atoms with Gasteiger partial charge in [0.2, 0.25) is 11.8 Å². The monoisotopic (exact) mass is 563 g/mol. The van der Waals surface area contributed by atoms with Gasteiger partial charge in [0.25, 0.3) is 10.0 Å². The molecule has 0 aliphatic heterocycles. The minimum Gasteiger partial charge on any atom is -0.352 e. The van der Waals surface area contributed by atoms with Gasteiger partial charge in [-0.15, -0.1) is 0 Å². The number of hydrogen-bond acceptors (Lipinski definition) is 4. The summed E-state index contributed by atoms with van der Waals surface area (Å²) in [5.41, 5.74) is 4.09. The van der Waals surface area contributed by atoms with Gasteiger partial charge in [0, 0.05) is 12.6 Å². The summed E-state index contributed by atoms with van der Waals surface area (Å²) < 4.78 is 29.0. The van der Waals surface area contributed by atoms with Crippen LogP contribution in [0.4, 0.5) is 5.69 Å². The second-order valence-corrected chi connectivity index (χ2v) is 12.3. The van der Waals surface area contributed by atoms with Gasteiger partial charge in [0.05, 0.1) is 10.6 Å². The molecule has 2 atom stereocenters. The van der Waals surface area contributed by atoms with Gasteiger partial charge >= 0.3 is 0 Å². The highest BCUT2D eigenvalue weighted by molar-refractivity contribution is 7.92. The van der Waals surface area contributed by atoms with Gasteiger partial charge in [-0.25, -0.2) is 8.42 Å². The molecule has 7 nitrogen and oxygen atoms in total. The molecule has 0 heterocycles. The van der Waals surface area contributed by atoms with Gasteiger partial charge in [0.1, 0.15) is 12.6 Å². The highest BCUT2D eigenvalue weighted by Crippen LogP contribution is 2.26. The molecular formula is C32H41N3O4S. The van der Waals surface area contributed by atoms with Crippen molar-refractivity contribution >= 4 is 27.5 Å². The van der Waals surface area contributed by atoms with Crippen molar-refractivity contribution in [2.24, 2.45) is 0 Å². The lowest BCUT2D eigenvalue weighted by molar-refractivity contribution is -0.140. The molecule has 8 heteroatoms. The summed E-state index contributed by atoms with van der Waals surface area (Å²) in [5.74, 6) is -0.703. The van der Waals surface area contributed by atoms with Gasteiger partial charge in [-0.3, -0.25) is 13.9 Å². The Kier molecular flexibility index (Phi) is 10.5. The Hall–Kier alpha value is -3.65. The summed E-state index contributed by atoms with van der Waals surface area (Å²) in [6.07, 6.45) is 1.14. The van der Waals surface area contributed by atoms with Crippen LogP contribution in [-0.4, -0.2) is 43.8 Å². The van der Waals surface area contributed by atoms with E-state index in [-0.39, 0.29) is 23.4 Å². The Labute approximate surface area is 239 Å². The Morgan fingerprint density at radius 1 is 0.825 bits per heavy atom. The lowest BCUT2D eigenvalue weighted by Gasteiger charge is -2.34. The minimum absolute atomic E-state index is 0.0526. The Balaban J connectivity index is 2.06. The standard InChI is InChI=1S/C32H41N3O4S/c1-7-26(6)33-32(37)30(8-2)34(21-27-13-9-11-24(4)19-27)31(36)22-35(28-14-10-12-25(5)20-28)40(38,39)29-17-15-23(3)16-18-29/h9-20,26,30H,7-8,21-22H2,1-6H3,(H,33,37)/t26-,30+/m1/s1. The molecule has 2 amide bonds. The molecule has 0 saturated carbocycles. The molecule has 0 aliphatic carbocycles. The molecule has 214 valence electrons. The zero-order valence-corrected chi connectivity index (χ0v) is 25.2. The third kappa shape index (κ3) is 7.72. The Morgan fingerprint density at radius 3 is 2.02 bits per heavy atom. The fourth-order valence-corrected chi connectivity index (χ4v) is 5.92. The molecule has 0 saturated heterocycles. The van der Waals surface area contributed by atoms with Gasteiger partial charge < -0.3 is 10.2 Å². The summed E-state index contributed by atoms with van der Waals surface area (Å²) in [7, 11) is -4.09. The number of nitrogens with one attached hydrogen (secondary N) is 1. The van der Waals surface area contributed by atoms with Crippen molar-refractivity contribution in [3.63, 3.8) is 0 Å². The topological polar surface area (TPSA) is 86.8 Å². The number of carbonyl (C=O) groups is 2. The molecule has 0 aromatic heterocycles. The first-order chi connectivity index (χ1) is 19.0. The number of benzene rings is 3. The molecule has 0 radical (unpaired) electrons. The van der Waals surface area contributed by atoms with Crippen LogP contribution in [0.3, 0.4) is 0 Å². The summed E-state index contributed by atoms with van der Waals surface area (Å²) in [6, 6.07) is 20.6. The fraction of sp³-hybridized carbons (Fsp3) is 0.375. The normalized spacial score (nSPS) is 12.8. The molecule has 3 aromatic carbocycles. The first-order valence-corrected chi connectivity index (χ1v) is 15.2. The van der Waals surface area contributed by atoms with Crippen LogP contribution >= 0.6 is 0 Å². The zero-order chi connectivity index (χ0) is 29.4. The number of amides is 2. The van der Waals surface area contributed by atoms with Gasteiger partial charge in [0.15, 0.2) is 0 Å². The number of aryl methyl sites for hydroxylation is 3. The maximum absolute atomic E-state index is 14.1. The predicted octanol–water partition coefficient (Wildman–Crippen LogP) is 5.53. The number of nitrogens with zero attached hydrogens (tertiary/aromatic N) is 2. The van der Waals surface area contributed by atoms with Crippen molar-refractivity contribution in [3.05, 3.63) is 95.1 Å². The predicted molar refractivity (Wildman–Crippen MR) is 161 cm³/mol. The van der Waals surface area contributed by atoms with E-state index in [0.29, 0.717) is 12.1 Å². The van der Waals surface area contributed by atoms with Crippen LogP contribution in [-0.2, 0) is 26.2 Å². The number of anilines is 1. The SMILES string of the molecule is CC[C@@H](C)NC(=O)[C@H](CC)N(Cc1cccc(C)c1)C(=O)CN(c1cccc(C)c1)S(=O)(=O)c1ccc(C)cc1. The van der Waals surface area contributed by atoms with E-state index >= 15 is 0 Å². The molecule has 0 spiro atoms. The smallest absolute Gasteiger partial charge is 0.264 e. The van der Waals surface area contributed by atoms with Crippen molar-refractivity contribution in [1.29, 1.82) is 0 Å². The lowest BCUT2D eigenvalue weighted by Crippen LogP contribution is -2.53. The number of sulfonamides is 1. The van der Waals surface area contributed by atoms with Crippen LogP contribution in [0.2, 0.25) is 0 Å². The van der Waals surface area contributed by atoms with E-state index in [1.54, 1.807) is 42.5 Å². The molecule has 40 heavy (non-hydrogen) atoms. The first kappa shape index (κ1) is 30.9. The van der Waals surface area contributed by atoms with Gasteiger partial charge in [-0.05, 0) is 75.9 Å². The maximum atomic E-state index is 14.1. The van der Waals surface area contributed by atoms with E-state index in [0.717, 1.165) is 33.0 Å². The van der Waals surface area contributed by atoms with E-state index in [1.165, 1.54) is 4.90 Å². The minimum atomic E-state index is -4.09. The van der Waals surface area contributed by atoms with Crippen molar-refractivity contribution in [2.45, 2.75) is 77.9 Å². The molecule has 0 aliphatic rings. The highest BCUT2D eigenvalue weighted by Gasteiger charge is 2.34. The van der Waals surface area contributed by atoms with Crippen LogP contribution in [0.25, 0.3) is 0 Å². The van der Waals surface area contributed by atoms with Crippen molar-refractivity contribution in [3.8, 4) is 0 Å². The Morgan fingerprint density at radius 2 is 1.45 bits per heavy atom. The van der Waals surface area contributed by atoms with Crippen molar-refractivity contribution in [1.82, 2.24) is 10.2 Å². The second-order valence-electron chi connectivity index (χ2n) is 10.4. The molecule has 3 rings (SSSR count). The Bertz CT molecular complexity index is 1420. The van der Waals surface area contributed by atoms with Crippen LogP contribution in [0.5, 0.6) is 0 Å². The highest BCUT2D eigenvalue weighted by atomic mass is 32.2. The van der Waals surface area contributed by atoms with Crippen LogP contribution < -0.4 is 9.62 Å². The average Bonchev–Trinajstić information content (AvgIpc) is 2.91. The van der Waals surface area contributed by atoms with Crippen LogP contribution in [0, 0.1) is 20.8 Å². The summed E-state index contributed by atoms with van der Waals surface area (Å²) in [6.45, 7) is 11.2. The van der Waals surface area contributed by atoms with E-state index in [9.17, 15) is 18.0 Å². The third-order valence-corrected chi connectivity index (χ3v) is 8.79. The molecule has 0 fully saturated rings. The average molecular weight is 564 g/mol. The van der Waals surface area contributed by atoms with Gasteiger partial charge in [-0.2, -0.15) is 0 Å². The molecule has 1 N–H and O–H groups in total. The summed E-state index contributed by atoms with van der Waals surface area (Å²) >= 11 is 0. The molecular weight excluding hydrogens is 522 g/mol. The van der Waals surface area contributed by atoms with Crippen molar-refractivity contribution < 1.29 is 18.0 Å². The zero-order valence-electron chi connectivity index (χ0n) is 24.3. The number of rotatable bonds is 12. The van der Waals surface area contributed by atoms with Crippen LogP contribution in [0.15, 0.2) is 77.7 Å². The second kappa shape index (κ2) is 13.6. The largest absolute Gasteiger partial charge is 0.352 e. The van der Waals surface area contributed by atoms with Crippen molar-refractivity contribution in [2.75, 3.05) is 10.8 Å². The third-order valence-electron chi connectivity index (χ3n) is 7.00. The van der Waals surface area contributed by atoms with Crippen LogP contribution in [0.1, 0.15) is 55.9 Å². The molecule has 0 unspecified atom stereocenters. The lowest BCUT2D eigenvalue weighted by atomic mass is 10.1. The fourth-order valence-electron chi connectivity index (χ4n) is 4.52. The number of carbonyl (C=O) groups excluding carboxylic acids is 2. The first-order valence-electron chi connectivity index (χ1n) is 13.8. The maximum Gasteiger partial charge on any atom is 0.264 e. The summed E-state index contributed by atoms with van der Waals surface area (Å²) in [5, 5.41) is 3.00. The van der Waals surface area contributed by atoms with Gasteiger partial charge in [-0.1, -0.05) is 73.5 Å². The molecule has 3 aromatic rings. The van der Waals surface area contributed by atoms with E-state index < -0.39 is 28.5 Å². The van der Waals surface area contributed by atoms with E-state index in [4.69, 9.17) is 0 Å². The van der Waals surface area contributed by atoms with E-state index in [1.807, 2.05) is 71.9 Å². The quantitative estimate of drug-likeness (QED) is 0.314. The molecule has 0 bridgehead atoms. The van der Waals surface area contributed by atoms with E-state index in [2.05, 4.69) is 5.32 Å².